The van der Waals surface area contributed by atoms with Gasteiger partial charge in [-0.05, 0) is 56.9 Å². The number of carbonyl (C=O) groups excluding carboxylic acids is 1. The van der Waals surface area contributed by atoms with Gasteiger partial charge in [-0.3, -0.25) is 9.79 Å². The van der Waals surface area contributed by atoms with Gasteiger partial charge < -0.3 is 29.7 Å². The van der Waals surface area contributed by atoms with Crippen LogP contribution in [0.25, 0.3) is 0 Å². The Bertz CT molecular complexity index is 732. The molecule has 1 fully saturated rings. The van der Waals surface area contributed by atoms with E-state index in [4.69, 9.17) is 19.2 Å². The van der Waals surface area contributed by atoms with E-state index in [-0.39, 0.29) is 12.4 Å². The summed E-state index contributed by atoms with van der Waals surface area (Å²) in [4.78, 5) is 18.7. The Balaban J connectivity index is 1.55. The fraction of sp³-hybridized carbons (Fsp3) is 0.652. The molecule has 3 rings (SSSR count). The minimum absolute atomic E-state index is 0.248. The van der Waals surface area contributed by atoms with Crippen molar-refractivity contribution in [2.45, 2.75) is 39.0 Å². The van der Waals surface area contributed by atoms with E-state index in [0.29, 0.717) is 32.3 Å². The molecule has 8 nitrogen and oxygen atoms in total. The quantitative estimate of drug-likeness (QED) is 0.283. The number of hydrogen-bond donors (Lipinski definition) is 2. The van der Waals surface area contributed by atoms with Crippen LogP contribution in [0.15, 0.2) is 23.2 Å². The molecule has 0 unspecified atom stereocenters. The SMILES string of the molecule is COC(=O)CCNC(=NCCCN1CCC(C)CC1)Nc1ccc2c(c1)OCCCO2. The largest absolute Gasteiger partial charge is 0.490 e. The maximum absolute atomic E-state index is 11.4. The standard InChI is InChI=1S/C23H36N4O4/c1-18-8-13-27(14-9-18)12-3-10-24-23(25-11-7-22(28)29-2)26-19-5-6-20-21(17-19)31-16-4-15-30-20/h5-6,17-18H,3-4,7-16H2,1-2H3,(H2,24,25,26). The highest BCUT2D eigenvalue weighted by Gasteiger charge is 2.15. The molecule has 0 amide bonds. The Morgan fingerprint density at radius 2 is 2.00 bits per heavy atom. The van der Waals surface area contributed by atoms with Crippen LogP contribution in [-0.4, -0.2) is 69.9 Å². The van der Waals surface area contributed by atoms with Gasteiger partial charge in [0, 0.05) is 31.3 Å². The lowest BCUT2D eigenvalue weighted by molar-refractivity contribution is -0.140. The first kappa shape index (κ1) is 23.2. The number of piperidine rings is 1. The smallest absolute Gasteiger partial charge is 0.307 e. The van der Waals surface area contributed by atoms with E-state index in [1.807, 2.05) is 18.2 Å². The first-order valence-corrected chi connectivity index (χ1v) is 11.4. The van der Waals surface area contributed by atoms with Crippen molar-refractivity contribution in [1.29, 1.82) is 0 Å². The van der Waals surface area contributed by atoms with Gasteiger partial charge in [0.2, 0.25) is 0 Å². The zero-order valence-electron chi connectivity index (χ0n) is 18.8. The lowest BCUT2D eigenvalue weighted by atomic mass is 9.99. The third-order valence-electron chi connectivity index (χ3n) is 5.64. The van der Waals surface area contributed by atoms with Gasteiger partial charge >= 0.3 is 5.97 Å². The Hall–Kier alpha value is -2.48. The highest BCUT2D eigenvalue weighted by molar-refractivity contribution is 5.94. The van der Waals surface area contributed by atoms with Gasteiger partial charge in [0.1, 0.15) is 0 Å². The van der Waals surface area contributed by atoms with Gasteiger partial charge in [-0.15, -0.1) is 0 Å². The molecule has 0 radical (unpaired) electrons. The Morgan fingerprint density at radius 3 is 2.77 bits per heavy atom. The number of hydrogen-bond acceptors (Lipinski definition) is 6. The minimum atomic E-state index is -0.248. The molecule has 2 aliphatic heterocycles. The van der Waals surface area contributed by atoms with Crippen LogP contribution in [0, 0.1) is 5.92 Å². The molecule has 31 heavy (non-hydrogen) atoms. The van der Waals surface area contributed by atoms with E-state index >= 15 is 0 Å². The lowest BCUT2D eigenvalue weighted by Gasteiger charge is -2.29. The number of ether oxygens (including phenoxy) is 3. The normalized spacial score (nSPS) is 17.7. The maximum Gasteiger partial charge on any atom is 0.307 e. The minimum Gasteiger partial charge on any atom is -0.490 e. The number of fused-ring (bicyclic) bond motifs is 1. The molecule has 0 aromatic heterocycles. The molecule has 1 aromatic rings. The molecule has 2 heterocycles. The van der Waals surface area contributed by atoms with Crippen LogP contribution in [-0.2, 0) is 9.53 Å². The molecular formula is C23H36N4O4. The van der Waals surface area contributed by atoms with Gasteiger partial charge in [0.05, 0.1) is 26.7 Å². The molecule has 0 atom stereocenters. The second kappa shape index (κ2) is 12.4. The van der Waals surface area contributed by atoms with Crippen LogP contribution >= 0.6 is 0 Å². The highest BCUT2D eigenvalue weighted by Crippen LogP contribution is 2.32. The Morgan fingerprint density at radius 1 is 1.23 bits per heavy atom. The first-order valence-electron chi connectivity index (χ1n) is 11.4. The lowest BCUT2D eigenvalue weighted by Crippen LogP contribution is -2.34. The van der Waals surface area contributed by atoms with Crippen molar-refractivity contribution < 1.29 is 19.0 Å². The van der Waals surface area contributed by atoms with Crippen LogP contribution in [0.3, 0.4) is 0 Å². The number of carbonyl (C=O) groups is 1. The number of methoxy groups -OCH3 is 1. The molecule has 8 heteroatoms. The Kier molecular flexibility index (Phi) is 9.27. The molecular weight excluding hydrogens is 396 g/mol. The van der Waals surface area contributed by atoms with Crippen LogP contribution < -0.4 is 20.1 Å². The van der Waals surface area contributed by atoms with Gasteiger partial charge in [0.15, 0.2) is 17.5 Å². The van der Waals surface area contributed by atoms with E-state index < -0.39 is 0 Å². The number of likely N-dealkylation sites (tertiary alicyclic amines) is 1. The molecule has 0 bridgehead atoms. The van der Waals surface area contributed by atoms with E-state index in [9.17, 15) is 4.79 Å². The van der Waals surface area contributed by atoms with E-state index in [2.05, 4.69) is 22.5 Å². The van der Waals surface area contributed by atoms with Crippen molar-refractivity contribution in [2.75, 3.05) is 58.4 Å². The predicted octanol–water partition coefficient (Wildman–Crippen LogP) is 2.89. The van der Waals surface area contributed by atoms with Crippen molar-refractivity contribution in [2.24, 2.45) is 10.9 Å². The van der Waals surface area contributed by atoms with Crippen LogP contribution in [0.1, 0.15) is 39.0 Å². The van der Waals surface area contributed by atoms with Gasteiger partial charge in [0.25, 0.3) is 0 Å². The van der Waals surface area contributed by atoms with Crippen molar-refractivity contribution in [3.8, 4) is 11.5 Å². The van der Waals surface area contributed by atoms with E-state index in [1.54, 1.807) is 0 Å². The molecule has 0 aliphatic carbocycles. The summed E-state index contributed by atoms with van der Waals surface area (Å²) in [5.41, 5.74) is 0.860. The molecule has 0 saturated carbocycles. The fourth-order valence-electron chi connectivity index (χ4n) is 3.67. The summed E-state index contributed by atoms with van der Waals surface area (Å²) >= 11 is 0. The molecule has 0 spiro atoms. The Labute approximate surface area is 185 Å². The number of esters is 1. The molecule has 2 N–H and O–H groups in total. The summed E-state index contributed by atoms with van der Waals surface area (Å²) in [6, 6.07) is 5.78. The summed E-state index contributed by atoms with van der Waals surface area (Å²) < 4.78 is 16.2. The number of rotatable bonds is 8. The molecule has 2 aliphatic rings. The first-order chi connectivity index (χ1) is 15.1. The van der Waals surface area contributed by atoms with Crippen molar-refractivity contribution in [3.63, 3.8) is 0 Å². The second-order valence-electron chi connectivity index (χ2n) is 8.20. The monoisotopic (exact) mass is 432 g/mol. The number of nitrogens with zero attached hydrogens (tertiary/aromatic N) is 2. The number of benzene rings is 1. The van der Waals surface area contributed by atoms with E-state index in [1.165, 1.54) is 33.0 Å². The van der Waals surface area contributed by atoms with Gasteiger partial charge in [-0.25, -0.2) is 0 Å². The summed E-state index contributed by atoms with van der Waals surface area (Å²) in [5, 5.41) is 6.55. The van der Waals surface area contributed by atoms with Crippen LogP contribution in [0.2, 0.25) is 0 Å². The molecule has 1 saturated heterocycles. The number of guanidine groups is 1. The summed E-state index contributed by atoms with van der Waals surface area (Å²) in [7, 11) is 1.40. The summed E-state index contributed by atoms with van der Waals surface area (Å²) in [6.45, 7) is 8.24. The second-order valence-corrected chi connectivity index (χ2v) is 8.20. The highest BCUT2D eigenvalue weighted by atomic mass is 16.5. The average molecular weight is 433 g/mol. The topological polar surface area (TPSA) is 84.4 Å². The predicted molar refractivity (Wildman–Crippen MR) is 122 cm³/mol. The van der Waals surface area contributed by atoms with Crippen molar-refractivity contribution in [1.82, 2.24) is 10.2 Å². The third kappa shape index (κ3) is 7.94. The number of anilines is 1. The van der Waals surface area contributed by atoms with Crippen molar-refractivity contribution >= 4 is 17.6 Å². The van der Waals surface area contributed by atoms with E-state index in [0.717, 1.165) is 42.5 Å². The average Bonchev–Trinajstić information content (AvgIpc) is 3.02. The summed E-state index contributed by atoms with van der Waals surface area (Å²) in [6.07, 6.45) is 4.73. The zero-order valence-corrected chi connectivity index (χ0v) is 18.8. The van der Waals surface area contributed by atoms with Crippen LogP contribution in [0.4, 0.5) is 5.69 Å². The van der Waals surface area contributed by atoms with Crippen molar-refractivity contribution in [3.05, 3.63) is 18.2 Å². The zero-order chi connectivity index (χ0) is 21.9. The maximum atomic E-state index is 11.4. The summed E-state index contributed by atoms with van der Waals surface area (Å²) in [5.74, 6) is 2.73. The third-order valence-corrected chi connectivity index (χ3v) is 5.64. The molecule has 172 valence electrons. The molecule has 1 aromatic carbocycles. The van der Waals surface area contributed by atoms with Gasteiger partial charge in [-0.1, -0.05) is 6.92 Å². The van der Waals surface area contributed by atoms with Crippen LogP contribution in [0.5, 0.6) is 11.5 Å². The van der Waals surface area contributed by atoms with Gasteiger partial charge in [-0.2, -0.15) is 0 Å². The number of nitrogens with one attached hydrogen (secondary N) is 2. The number of aliphatic imine (C=N–C) groups is 1. The fourth-order valence-corrected chi connectivity index (χ4v) is 3.67.